The fourth-order valence-corrected chi connectivity index (χ4v) is 3.25. The largest absolute Gasteiger partial charge is 0.492 e. The molecule has 6 heteroatoms. The first-order valence-electron chi connectivity index (χ1n) is 8.44. The molecule has 0 radical (unpaired) electrons. The van der Waals surface area contributed by atoms with Gasteiger partial charge in [0.05, 0.1) is 23.7 Å². The molecule has 5 nitrogen and oxygen atoms in total. The summed E-state index contributed by atoms with van der Waals surface area (Å²) in [4.78, 5) is 12.2. The summed E-state index contributed by atoms with van der Waals surface area (Å²) < 4.78 is 7.34. The minimum absolute atomic E-state index is 0.0321. The highest BCUT2D eigenvalue weighted by atomic mass is 32.2. The number of para-hydroxylation sites is 2. The first-order chi connectivity index (χ1) is 12.8. The van der Waals surface area contributed by atoms with Crippen LogP contribution in [0.25, 0.3) is 5.69 Å². The number of benzene rings is 2. The molecule has 3 rings (SSSR count). The number of hydrogen-bond donors (Lipinski definition) is 1. The highest BCUT2D eigenvalue weighted by molar-refractivity contribution is 7.99. The highest BCUT2D eigenvalue weighted by Gasteiger charge is 2.07. The van der Waals surface area contributed by atoms with Gasteiger partial charge in [-0.2, -0.15) is 5.10 Å². The van der Waals surface area contributed by atoms with Crippen LogP contribution in [-0.2, 0) is 10.5 Å². The maximum absolute atomic E-state index is 12.2. The molecule has 0 bridgehead atoms. The summed E-state index contributed by atoms with van der Waals surface area (Å²) in [5.74, 6) is 1.83. The Balaban J connectivity index is 1.48. The zero-order valence-electron chi connectivity index (χ0n) is 14.6. The van der Waals surface area contributed by atoms with E-state index in [-0.39, 0.29) is 5.91 Å². The molecule has 1 N–H and O–H groups in total. The molecule has 0 saturated carbocycles. The van der Waals surface area contributed by atoms with Gasteiger partial charge in [-0.25, -0.2) is 4.68 Å². The van der Waals surface area contributed by atoms with Gasteiger partial charge in [0.25, 0.3) is 0 Å². The molecule has 1 aromatic heterocycles. The second-order valence-electron chi connectivity index (χ2n) is 5.59. The number of hydrogen-bond acceptors (Lipinski definition) is 4. The van der Waals surface area contributed by atoms with Gasteiger partial charge < -0.3 is 10.1 Å². The normalized spacial score (nSPS) is 10.5. The number of carbonyl (C=O) groups is 1. The zero-order chi connectivity index (χ0) is 18.2. The Bertz CT molecular complexity index is 833. The number of aromatic nitrogens is 2. The Kier molecular flexibility index (Phi) is 6.33. The van der Waals surface area contributed by atoms with Gasteiger partial charge in [0.1, 0.15) is 5.75 Å². The fraction of sp³-hybridized carbons (Fsp3) is 0.200. The van der Waals surface area contributed by atoms with Crippen molar-refractivity contribution >= 4 is 23.4 Å². The maximum Gasteiger partial charge on any atom is 0.234 e. The molecular formula is C20H21N3O2S. The molecule has 0 unspecified atom stereocenters. The second kappa shape index (κ2) is 9.10. The van der Waals surface area contributed by atoms with Crippen LogP contribution in [-0.4, -0.2) is 28.0 Å². The molecule has 0 fully saturated rings. The van der Waals surface area contributed by atoms with Crippen LogP contribution >= 0.6 is 11.8 Å². The Morgan fingerprint density at radius 1 is 1.15 bits per heavy atom. The SMILES string of the molecule is CCOc1ccccc1NC(=O)CSCc1ccc(-n2cccn2)cc1. The van der Waals surface area contributed by atoms with Crippen LogP contribution in [0.4, 0.5) is 5.69 Å². The lowest BCUT2D eigenvalue weighted by Gasteiger charge is -2.11. The third kappa shape index (κ3) is 4.89. The molecule has 1 amide bonds. The molecular weight excluding hydrogens is 346 g/mol. The Hall–Kier alpha value is -2.73. The van der Waals surface area contributed by atoms with Crippen molar-refractivity contribution in [3.05, 3.63) is 72.6 Å². The third-order valence-electron chi connectivity index (χ3n) is 3.67. The number of thioether (sulfide) groups is 1. The average molecular weight is 367 g/mol. The van der Waals surface area contributed by atoms with Crippen LogP contribution in [0.1, 0.15) is 12.5 Å². The third-order valence-corrected chi connectivity index (χ3v) is 4.67. The summed E-state index contributed by atoms with van der Waals surface area (Å²) in [7, 11) is 0. The molecule has 0 atom stereocenters. The van der Waals surface area contributed by atoms with Gasteiger partial charge in [0, 0.05) is 18.1 Å². The van der Waals surface area contributed by atoms with Gasteiger partial charge in [-0.1, -0.05) is 24.3 Å². The standard InChI is InChI=1S/C20H21N3O2S/c1-2-25-19-7-4-3-6-18(19)22-20(24)15-26-14-16-8-10-17(11-9-16)23-13-5-12-21-23/h3-13H,2,14-15H2,1H3,(H,22,24). The smallest absolute Gasteiger partial charge is 0.234 e. The second-order valence-corrected chi connectivity index (χ2v) is 6.57. The first kappa shape index (κ1) is 18.1. The maximum atomic E-state index is 12.2. The van der Waals surface area contributed by atoms with Crippen molar-refractivity contribution < 1.29 is 9.53 Å². The van der Waals surface area contributed by atoms with Crippen molar-refractivity contribution in [2.45, 2.75) is 12.7 Å². The topological polar surface area (TPSA) is 56.1 Å². The summed E-state index contributed by atoms with van der Waals surface area (Å²) in [5.41, 5.74) is 2.91. The lowest BCUT2D eigenvalue weighted by atomic mass is 10.2. The van der Waals surface area contributed by atoms with Crippen molar-refractivity contribution in [1.82, 2.24) is 9.78 Å². The average Bonchev–Trinajstić information content (AvgIpc) is 3.19. The molecule has 0 spiro atoms. The molecule has 26 heavy (non-hydrogen) atoms. The van der Waals surface area contributed by atoms with E-state index in [9.17, 15) is 4.79 Å². The minimum Gasteiger partial charge on any atom is -0.492 e. The van der Waals surface area contributed by atoms with Crippen molar-refractivity contribution in [2.24, 2.45) is 0 Å². The summed E-state index contributed by atoms with van der Waals surface area (Å²) in [6.07, 6.45) is 3.67. The molecule has 0 aliphatic heterocycles. The van der Waals surface area contributed by atoms with Gasteiger partial charge >= 0.3 is 0 Å². The Morgan fingerprint density at radius 3 is 2.69 bits per heavy atom. The predicted octanol–water partition coefficient (Wildman–Crippen LogP) is 4.14. The predicted molar refractivity (Wildman–Crippen MR) is 106 cm³/mol. The van der Waals surface area contributed by atoms with Gasteiger partial charge in [0.2, 0.25) is 5.91 Å². The van der Waals surface area contributed by atoms with Crippen LogP contribution < -0.4 is 10.1 Å². The van der Waals surface area contributed by atoms with Crippen LogP contribution in [0.15, 0.2) is 67.0 Å². The first-order valence-corrected chi connectivity index (χ1v) is 9.60. The molecule has 0 aliphatic rings. The molecule has 3 aromatic rings. The number of nitrogens with zero attached hydrogens (tertiary/aromatic N) is 2. The monoisotopic (exact) mass is 367 g/mol. The van der Waals surface area contributed by atoms with Crippen molar-refractivity contribution in [3.63, 3.8) is 0 Å². The van der Waals surface area contributed by atoms with Crippen LogP contribution in [0.5, 0.6) is 5.75 Å². The summed E-state index contributed by atoms with van der Waals surface area (Å²) in [5, 5.41) is 7.12. The molecule has 134 valence electrons. The van der Waals surface area contributed by atoms with Crippen LogP contribution in [0.3, 0.4) is 0 Å². The highest BCUT2D eigenvalue weighted by Crippen LogP contribution is 2.24. The lowest BCUT2D eigenvalue weighted by Crippen LogP contribution is -2.15. The Labute approximate surface area is 157 Å². The van der Waals surface area contributed by atoms with Crippen LogP contribution in [0.2, 0.25) is 0 Å². The van der Waals surface area contributed by atoms with E-state index in [1.54, 1.807) is 18.0 Å². The van der Waals surface area contributed by atoms with E-state index in [0.717, 1.165) is 11.4 Å². The summed E-state index contributed by atoms with van der Waals surface area (Å²) in [6, 6.07) is 17.6. The van der Waals surface area contributed by atoms with E-state index in [2.05, 4.69) is 22.5 Å². The fourth-order valence-electron chi connectivity index (χ4n) is 2.47. The van der Waals surface area contributed by atoms with E-state index in [1.165, 1.54) is 5.56 Å². The molecule has 0 saturated heterocycles. The van der Waals surface area contributed by atoms with Gasteiger partial charge in [-0.15, -0.1) is 11.8 Å². The Morgan fingerprint density at radius 2 is 1.96 bits per heavy atom. The van der Waals surface area contributed by atoms with Gasteiger partial charge in [-0.3, -0.25) is 4.79 Å². The number of nitrogens with one attached hydrogen (secondary N) is 1. The van der Waals surface area contributed by atoms with E-state index in [1.807, 2.05) is 60.3 Å². The number of rotatable bonds is 8. The summed E-state index contributed by atoms with van der Waals surface area (Å²) >= 11 is 1.58. The lowest BCUT2D eigenvalue weighted by molar-refractivity contribution is -0.113. The van der Waals surface area contributed by atoms with E-state index in [4.69, 9.17) is 4.74 Å². The number of amides is 1. The van der Waals surface area contributed by atoms with Crippen molar-refractivity contribution in [2.75, 3.05) is 17.7 Å². The van der Waals surface area contributed by atoms with Gasteiger partial charge in [0.15, 0.2) is 0 Å². The van der Waals surface area contributed by atoms with E-state index >= 15 is 0 Å². The van der Waals surface area contributed by atoms with E-state index in [0.29, 0.717) is 23.8 Å². The molecule has 2 aromatic carbocycles. The molecule has 1 heterocycles. The van der Waals surface area contributed by atoms with Crippen LogP contribution in [0, 0.1) is 0 Å². The van der Waals surface area contributed by atoms with Crippen molar-refractivity contribution in [3.8, 4) is 11.4 Å². The van der Waals surface area contributed by atoms with Crippen molar-refractivity contribution in [1.29, 1.82) is 0 Å². The number of carbonyl (C=O) groups excluding carboxylic acids is 1. The quantitative estimate of drug-likeness (QED) is 0.650. The molecule has 0 aliphatic carbocycles. The minimum atomic E-state index is -0.0321. The number of ether oxygens (including phenoxy) is 1. The zero-order valence-corrected chi connectivity index (χ0v) is 15.4. The van der Waals surface area contributed by atoms with E-state index < -0.39 is 0 Å². The number of anilines is 1. The summed E-state index contributed by atoms with van der Waals surface area (Å²) in [6.45, 7) is 2.49. The van der Waals surface area contributed by atoms with Gasteiger partial charge in [-0.05, 0) is 42.8 Å².